The average molecular weight is 298 g/mol. The van der Waals surface area contributed by atoms with Gasteiger partial charge in [0, 0.05) is 0 Å². The Bertz CT molecular complexity index is 624. The first-order valence-corrected chi connectivity index (χ1v) is 6.67. The van der Waals surface area contributed by atoms with Gasteiger partial charge in [0.15, 0.2) is 0 Å². The molecule has 0 saturated heterocycles. The monoisotopic (exact) mass is 298 g/mol. The van der Waals surface area contributed by atoms with Crippen molar-refractivity contribution in [3.63, 3.8) is 0 Å². The van der Waals surface area contributed by atoms with Crippen molar-refractivity contribution in [3.05, 3.63) is 49.2 Å². The summed E-state index contributed by atoms with van der Waals surface area (Å²) >= 11 is 0. The Morgan fingerprint density at radius 3 is 1.82 bits per heavy atom. The first kappa shape index (κ1) is 15.4. The molecule has 1 amide bonds. The van der Waals surface area contributed by atoms with Crippen LogP contribution in [0.3, 0.4) is 0 Å². The number of hydrogen-bond acceptors (Lipinski definition) is 4. The first-order chi connectivity index (χ1) is 10.7. The highest BCUT2D eigenvalue weighted by molar-refractivity contribution is 5.80. The number of hydrogen-bond donors (Lipinski definition) is 2. The molecule has 0 unspecified atom stereocenters. The summed E-state index contributed by atoms with van der Waals surface area (Å²) in [5.74, 6) is 1.31. The molecule has 2 rings (SSSR count). The van der Waals surface area contributed by atoms with Gasteiger partial charge >= 0.3 is 0 Å². The molecule has 0 aliphatic carbocycles. The molecule has 0 heterocycles. The maximum atomic E-state index is 10.6. The van der Waals surface area contributed by atoms with E-state index in [4.69, 9.17) is 9.47 Å². The Morgan fingerprint density at radius 1 is 0.909 bits per heavy atom. The molecule has 114 valence electrons. The number of rotatable bonds is 7. The molecular formula is C17H18N2O3. The minimum Gasteiger partial charge on any atom is -0.495 e. The Hall–Kier alpha value is -2.95. The third-order valence-electron chi connectivity index (χ3n) is 3.21. The molecule has 0 fully saturated rings. The van der Waals surface area contributed by atoms with Crippen molar-refractivity contribution in [2.75, 3.05) is 24.9 Å². The fraction of sp³-hybridized carbons (Fsp3) is 0.118. The van der Waals surface area contributed by atoms with Crippen molar-refractivity contribution in [1.82, 2.24) is 0 Å². The van der Waals surface area contributed by atoms with E-state index in [1.54, 1.807) is 26.5 Å². The van der Waals surface area contributed by atoms with E-state index in [2.05, 4.69) is 17.2 Å². The molecule has 0 spiro atoms. The van der Waals surface area contributed by atoms with Crippen molar-refractivity contribution in [2.24, 2.45) is 0 Å². The van der Waals surface area contributed by atoms with E-state index >= 15 is 0 Å². The zero-order valence-corrected chi connectivity index (χ0v) is 12.6. The summed E-state index contributed by atoms with van der Waals surface area (Å²) in [7, 11) is 3.18. The van der Waals surface area contributed by atoms with Crippen LogP contribution in [0.25, 0.3) is 11.1 Å². The predicted molar refractivity (Wildman–Crippen MR) is 88.5 cm³/mol. The number of ether oxygens (including phenoxy) is 2. The van der Waals surface area contributed by atoms with E-state index < -0.39 is 0 Å². The highest BCUT2D eigenvalue weighted by atomic mass is 16.5. The lowest BCUT2D eigenvalue weighted by Gasteiger charge is -2.13. The number of nitrogens with one attached hydrogen (secondary N) is 2. The van der Waals surface area contributed by atoms with Crippen LogP contribution in [-0.4, -0.2) is 20.6 Å². The third kappa shape index (κ3) is 3.20. The molecule has 0 saturated carbocycles. The molecule has 0 aliphatic heterocycles. The van der Waals surface area contributed by atoms with Gasteiger partial charge in [0.1, 0.15) is 11.5 Å². The summed E-state index contributed by atoms with van der Waals surface area (Å²) in [6, 6.07) is 11.4. The SMILES string of the molecule is C=CNc1ccc(-c2ccc(NC=O)c(OC)c2)cc1OC. The molecule has 0 aliphatic rings. The van der Waals surface area contributed by atoms with Gasteiger partial charge in [-0.2, -0.15) is 0 Å². The van der Waals surface area contributed by atoms with Gasteiger partial charge in [-0.05, 0) is 41.6 Å². The second-order valence-corrected chi connectivity index (χ2v) is 4.44. The molecule has 5 nitrogen and oxygen atoms in total. The van der Waals surface area contributed by atoms with Crippen LogP contribution in [0, 0.1) is 0 Å². The van der Waals surface area contributed by atoms with Crippen LogP contribution < -0.4 is 20.1 Å². The highest BCUT2D eigenvalue weighted by Gasteiger charge is 2.08. The summed E-state index contributed by atoms with van der Waals surface area (Å²) in [5, 5.41) is 5.62. The number of methoxy groups -OCH3 is 2. The van der Waals surface area contributed by atoms with Crippen molar-refractivity contribution >= 4 is 17.8 Å². The molecule has 2 aromatic rings. The largest absolute Gasteiger partial charge is 0.495 e. The standard InChI is InChI=1S/C17H18N2O3/c1-4-18-14-7-5-12(9-16(14)21-2)13-6-8-15(19-11-20)17(10-13)22-3/h4-11,18H,1H2,2-3H3,(H,19,20). The van der Waals surface area contributed by atoms with Crippen LogP contribution in [0.15, 0.2) is 49.2 Å². The fourth-order valence-electron chi connectivity index (χ4n) is 2.15. The van der Waals surface area contributed by atoms with Crippen LogP contribution in [0.2, 0.25) is 0 Å². The number of carbonyl (C=O) groups is 1. The lowest BCUT2D eigenvalue weighted by Crippen LogP contribution is -1.97. The van der Waals surface area contributed by atoms with Gasteiger partial charge in [-0.1, -0.05) is 18.7 Å². The summed E-state index contributed by atoms with van der Waals surface area (Å²) in [6.45, 7) is 3.64. The first-order valence-electron chi connectivity index (χ1n) is 6.67. The summed E-state index contributed by atoms with van der Waals surface area (Å²) < 4.78 is 10.7. The lowest BCUT2D eigenvalue weighted by molar-refractivity contribution is -0.105. The molecule has 0 radical (unpaired) electrons. The molecule has 0 atom stereocenters. The predicted octanol–water partition coefficient (Wildman–Crippen LogP) is 3.49. The fourth-order valence-corrected chi connectivity index (χ4v) is 2.15. The van der Waals surface area contributed by atoms with E-state index in [9.17, 15) is 4.79 Å². The van der Waals surface area contributed by atoms with Gasteiger partial charge in [-0.3, -0.25) is 4.79 Å². The van der Waals surface area contributed by atoms with E-state index in [1.165, 1.54) is 0 Å². The lowest BCUT2D eigenvalue weighted by atomic mass is 10.0. The van der Waals surface area contributed by atoms with Gasteiger partial charge < -0.3 is 20.1 Å². The maximum absolute atomic E-state index is 10.6. The van der Waals surface area contributed by atoms with Crippen LogP contribution in [0.1, 0.15) is 0 Å². The second kappa shape index (κ2) is 7.17. The molecule has 2 N–H and O–H groups in total. The van der Waals surface area contributed by atoms with Gasteiger partial charge in [-0.25, -0.2) is 0 Å². The molecular weight excluding hydrogens is 280 g/mol. The van der Waals surface area contributed by atoms with Crippen LogP contribution in [0.4, 0.5) is 11.4 Å². The highest BCUT2D eigenvalue weighted by Crippen LogP contribution is 2.34. The van der Waals surface area contributed by atoms with E-state index in [0.717, 1.165) is 16.8 Å². The number of anilines is 2. The van der Waals surface area contributed by atoms with E-state index in [-0.39, 0.29) is 0 Å². The molecule has 0 bridgehead atoms. The Kier molecular flexibility index (Phi) is 5.03. The van der Waals surface area contributed by atoms with Crippen LogP contribution in [-0.2, 0) is 4.79 Å². The smallest absolute Gasteiger partial charge is 0.211 e. The molecule has 2 aromatic carbocycles. The summed E-state index contributed by atoms with van der Waals surface area (Å²) in [4.78, 5) is 10.6. The quantitative estimate of drug-likeness (QED) is 0.768. The summed E-state index contributed by atoms with van der Waals surface area (Å²) in [6.07, 6.45) is 2.22. The van der Waals surface area contributed by atoms with Gasteiger partial charge in [0.2, 0.25) is 6.41 Å². The number of benzene rings is 2. The Morgan fingerprint density at radius 2 is 1.41 bits per heavy atom. The van der Waals surface area contributed by atoms with Gasteiger partial charge in [-0.15, -0.1) is 0 Å². The minimum atomic E-state index is 0.594. The van der Waals surface area contributed by atoms with E-state index in [1.807, 2.05) is 30.3 Å². The van der Waals surface area contributed by atoms with Gasteiger partial charge in [0.25, 0.3) is 0 Å². The van der Waals surface area contributed by atoms with E-state index in [0.29, 0.717) is 23.6 Å². The number of amides is 1. The van der Waals surface area contributed by atoms with Crippen molar-refractivity contribution in [2.45, 2.75) is 0 Å². The maximum Gasteiger partial charge on any atom is 0.211 e. The molecule has 0 aromatic heterocycles. The third-order valence-corrected chi connectivity index (χ3v) is 3.21. The zero-order chi connectivity index (χ0) is 15.9. The zero-order valence-electron chi connectivity index (χ0n) is 12.6. The van der Waals surface area contributed by atoms with Crippen molar-refractivity contribution in [1.29, 1.82) is 0 Å². The Labute approximate surface area is 129 Å². The van der Waals surface area contributed by atoms with Crippen molar-refractivity contribution < 1.29 is 14.3 Å². The van der Waals surface area contributed by atoms with Gasteiger partial charge in [0.05, 0.1) is 25.6 Å². The molecule has 22 heavy (non-hydrogen) atoms. The normalized spacial score (nSPS) is 9.73. The average Bonchev–Trinajstić information content (AvgIpc) is 2.56. The number of carbonyl (C=O) groups excluding carboxylic acids is 1. The van der Waals surface area contributed by atoms with Crippen LogP contribution in [0.5, 0.6) is 11.5 Å². The van der Waals surface area contributed by atoms with Crippen molar-refractivity contribution in [3.8, 4) is 22.6 Å². The topological polar surface area (TPSA) is 59.6 Å². The van der Waals surface area contributed by atoms with Crippen LogP contribution >= 0.6 is 0 Å². The molecule has 5 heteroatoms. The Balaban J connectivity index is 2.43. The minimum absolute atomic E-state index is 0.594. The second-order valence-electron chi connectivity index (χ2n) is 4.44. The summed E-state index contributed by atoms with van der Waals surface area (Å²) in [5.41, 5.74) is 3.39.